The van der Waals surface area contributed by atoms with E-state index in [0.717, 1.165) is 45.4 Å². The molecule has 1 saturated heterocycles. The van der Waals surface area contributed by atoms with Crippen LogP contribution in [0.15, 0.2) is 0 Å². The van der Waals surface area contributed by atoms with Crippen molar-refractivity contribution < 1.29 is 9.53 Å². The zero-order valence-electron chi connectivity index (χ0n) is 12.6. The molecule has 0 bridgehead atoms. The highest BCUT2D eigenvalue weighted by Crippen LogP contribution is 2.43. The van der Waals surface area contributed by atoms with Crippen LogP contribution in [-0.4, -0.2) is 42.3 Å². The van der Waals surface area contributed by atoms with Gasteiger partial charge in [0.15, 0.2) is 0 Å². The average Bonchev–Trinajstić information content (AvgIpc) is 3.10. The molecule has 4 heteroatoms. The van der Waals surface area contributed by atoms with Gasteiger partial charge in [0.25, 0.3) is 0 Å². The summed E-state index contributed by atoms with van der Waals surface area (Å²) >= 11 is 0. The van der Waals surface area contributed by atoms with Crippen molar-refractivity contribution in [2.75, 3.05) is 19.8 Å². The van der Waals surface area contributed by atoms with E-state index in [1.165, 1.54) is 6.42 Å². The van der Waals surface area contributed by atoms with Gasteiger partial charge in [-0.15, -0.1) is 0 Å². The maximum Gasteiger partial charge on any atom is 0.244 e. The fraction of sp³-hybridized carbons (Fsp3) is 0.933. The van der Waals surface area contributed by atoms with Crippen molar-refractivity contribution in [3.8, 4) is 0 Å². The molecule has 1 spiro atoms. The highest BCUT2D eigenvalue weighted by molar-refractivity contribution is 5.91. The number of carbonyl (C=O) groups excluding carboxylic acids is 1. The number of ether oxygens (including phenoxy) is 1. The Bertz CT molecular complexity index is 313. The van der Waals surface area contributed by atoms with Crippen LogP contribution in [0.5, 0.6) is 0 Å². The summed E-state index contributed by atoms with van der Waals surface area (Å²) in [5.74, 6) is 0.782. The lowest BCUT2D eigenvalue weighted by atomic mass is 10.1. The molecule has 1 aliphatic carbocycles. The van der Waals surface area contributed by atoms with Crippen LogP contribution in [0.2, 0.25) is 0 Å². The normalized spacial score (nSPS) is 24.7. The van der Waals surface area contributed by atoms with E-state index in [-0.39, 0.29) is 11.7 Å². The molecular weight excluding hydrogens is 240 g/mol. The van der Waals surface area contributed by atoms with Gasteiger partial charge in [-0.3, -0.25) is 10.1 Å². The number of carbonyl (C=O) groups is 1. The molecule has 1 aliphatic heterocycles. The third kappa shape index (κ3) is 3.29. The van der Waals surface area contributed by atoms with E-state index in [1.54, 1.807) is 0 Å². The quantitative estimate of drug-likeness (QED) is 0.686. The number of rotatable bonds is 8. The van der Waals surface area contributed by atoms with Gasteiger partial charge >= 0.3 is 0 Å². The maximum absolute atomic E-state index is 12.4. The van der Waals surface area contributed by atoms with Gasteiger partial charge in [0.1, 0.15) is 0 Å². The molecule has 110 valence electrons. The molecular formula is C15H28N2O2. The number of nitrogens with one attached hydrogen (secondary N) is 1. The smallest absolute Gasteiger partial charge is 0.244 e. The zero-order chi connectivity index (χ0) is 13.9. The van der Waals surface area contributed by atoms with Gasteiger partial charge in [-0.05, 0) is 31.6 Å². The molecule has 4 nitrogen and oxygen atoms in total. The van der Waals surface area contributed by atoms with Gasteiger partial charge in [-0.2, -0.15) is 0 Å². The van der Waals surface area contributed by atoms with Crippen LogP contribution in [0.4, 0.5) is 0 Å². The lowest BCUT2D eigenvalue weighted by molar-refractivity contribution is -0.131. The summed E-state index contributed by atoms with van der Waals surface area (Å²) in [6, 6.07) is 0. The zero-order valence-corrected chi connectivity index (χ0v) is 12.6. The largest absolute Gasteiger partial charge is 0.381 e. The summed E-state index contributed by atoms with van der Waals surface area (Å²) in [6.45, 7) is 8.96. The first kappa shape index (κ1) is 14.8. The van der Waals surface area contributed by atoms with Crippen LogP contribution in [0.25, 0.3) is 0 Å². The number of hydrogen-bond acceptors (Lipinski definition) is 3. The van der Waals surface area contributed by atoms with Gasteiger partial charge in [-0.25, -0.2) is 0 Å². The van der Waals surface area contributed by atoms with E-state index in [0.29, 0.717) is 11.8 Å². The minimum Gasteiger partial charge on any atom is -0.381 e. The van der Waals surface area contributed by atoms with Crippen molar-refractivity contribution in [1.82, 2.24) is 10.2 Å². The summed E-state index contributed by atoms with van der Waals surface area (Å²) in [5, 5.41) is 3.54. The van der Waals surface area contributed by atoms with Gasteiger partial charge in [-0.1, -0.05) is 27.2 Å². The minimum atomic E-state index is -0.183. The molecule has 19 heavy (non-hydrogen) atoms. The Balaban J connectivity index is 1.75. The van der Waals surface area contributed by atoms with Crippen molar-refractivity contribution >= 4 is 5.91 Å². The molecule has 0 radical (unpaired) electrons. The van der Waals surface area contributed by atoms with Crippen LogP contribution in [0.3, 0.4) is 0 Å². The van der Waals surface area contributed by atoms with Gasteiger partial charge in [0.05, 0.1) is 11.7 Å². The predicted molar refractivity (Wildman–Crippen MR) is 75.8 cm³/mol. The number of hydrogen-bond donors (Lipinski definition) is 1. The summed E-state index contributed by atoms with van der Waals surface area (Å²) in [4.78, 5) is 14.4. The Morgan fingerprint density at radius 3 is 2.63 bits per heavy atom. The highest BCUT2D eigenvalue weighted by atomic mass is 16.5. The van der Waals surface area contributed by atoms with Crippen molar-refractivity contribution in [3.63, 3.8) is 0 Å². The Hall–Kier alpha value is -0.610. The topological polar surface area (TPSA) is 41.6 Å². The van der Waals surface area contributed by atoms with Crippen LogP contribution in [0.1, 0.15) is 52.9 Å². The van der Waals surface area contributed by atoms with Crippen LogP contribution in [0, 0.1) is 5.92 Å². The summed E-state index contributed by atoms with van der Waals surface area (Å²) in [6.07, 6.45) is 5.48. The molecule has 1 amide bonds. The van der Waals surface area contributed by atoms with E-state index in [9.17, 15) is 4.79 Å². The monoisotopic (exact) mass is 268 g/mol. The third-order valence-corrected chi connectivity index (χ3v) is 4.14. The van der Waals surface area contributed by atoms with E-state index in [2.05, 4.69) is 26.1 Å². The Kier molecular flexibility index (Phi) is 4.85. The van der Waals surface area contributed by atoms with Crippen LogP contribution in [-0.2, 0) is 9.53 Å². The van der Waals surface area contributed by atoms with E-state index in [1.807, 2.05) is 4.90 Å². The lowest BCUT2D eigenvalue weighted by Gasteiger charge is -2.27. The predicted octanol–water partition coefficient (Wildman–Crippen LogP) is 2.14. The molecule has 1 atom stereocenters. The minimum absolute atomic E-state index is 0.183. The molecule has 1 heterocycles. The molecule has 0 aromatic rings. The Morgan fingerprint density at radius 2 is 2.05 bits per heavy atom. The van der Waals surface area contributed by atoms with E-state index in [4.69, 9.17) is 4.74 Å². The molecule has 2 fully saturated rings. The number of amides is 1. The van der Waals surface area contributed by atoms with Crippen LogP contribution >= 0.6 is 0 Å². The van der Waals surface area contributed by atoms with Gasteiger partial charge < -0.3 is 9.64 Å². The van der Waals surface area contributed by atoms with E-state index < -0.39 is 0 Å². The molecule has 1 unspecified atom stereocenters. The first-order chi connectivity index (χ1) is 9.10. The first-order valence-corrected chi connectivity index (χ1v) is 7.77. The van der Waals surface area contributed by atoms with E-state index >= 15 is 0 Å². The summed E-state index contributed by atoms with van der Waals surface area (Å²) in [5.41, 5.74) is -0.183. The molecule has 2 rings (SSSR count). The van der Waals surface area contributed by atoms with Crippen molar-refractivity contribution in [2.24, 2.45) is 5.92 Å². The standard InChI is InChI=1S/C15H28N2O2/c1-4-5-10-19-11-6-9-17-13(12(2)3)16-15(7-8-15)14(17)18/h12-13,16H,4-11H2,1-3H3. The fourth-order valence-corrected chi connectivity index (χ4v) is 2.76. The SMILES string of the molecule is CCCCOCCCN1C(=O)C2(CC2)NC1C(C)C. The second-order valence-electron chi connectivity index (χ2n) is 6.23. The molecule has 1 saturated carbocycles. The molecule has 0 aromatic heterocycles. The summed E-state index contributed by atoms with van der Waals surface area (Å²) < 4.78 is 5.57. The molecule has 0 aromatic carbocycles. The Morgan fingerprint density at radius 1 is 1.37 bits per heavy atom. The van der Waals surface area contributed by atoms with Crippen molar-refractivity contribution in [2.45, 2.75) is 64.6 Å². The van der Waals surface area contributed by atoms with Crippen LogP contribution < -0.4 is 5.32 Å². The van der Waals surface area contributed by atoms with Gasteiger partial charge in [0, 0.05) is 19.8 Å². The maximum atomic E-state index is 12.4. The highest BCUT2D eigenvalue weighted by Gasteiger charge is 2.59. The summed E-state index contributed by atoms with van der Waals surface area (Å²) in [7, 11) is 0. The third-order valence-electron chi connectivity index (χ3n) is 4.14. The number of nitrogens with zero attached hydrogens (tertiary/aromatic N) is 1. The second kappa shape index (κ2) is 6.23. The molecule has 2 aliphatic rings. The number of unbranched alkanes of at least 4 members (excludes halogenated alkanes) is 1. The second-order valence-corrected chi connectivity index (χ2v) is 6.23. The van der Waals surface area contributed by atoms with Gasteiger partial charge in [0.2, 0.25) is 5.91 Å². The first-order valence-electron chi connectivity index (χ1n) is 7.77. The van der Waals surface area contributed by atoms with Crippen molar-refractivity contribution in [3.05, 3.63) is 0 Å². The lowest BCUT2D eigenvalue weighted by Crippen LogP contribution is -2.42. The molecule has 1 N–H and O–H groups in total. The van der Waals surface area contributed by atoms with Crippen molar-refractivity contribution in [1.29, 1.82) is 0 Å². The Labute approximate surface area is 116 Å². The average molecular weight is 268 g/mol. The fourth-order valence-electron chi connectivity index (χ4n) is 2.76.